The Balaban J connectivity index is 0.000000328. The largest absolute Gasteiger partial charge is 0.573 e. The molecule has 1 atom stereocenters. The second kappa shape index (κ2) is 13.3. The van der Waals surface area contributed by atoms with Gasteiger partial charge in [-0.1, -0.05) is 6.07 Å². The molecule has 1 aromatic heterocycles. The van der Waals surface area contributed by atoms with E-state index in [1.165, 1.54) is 30.6 Å². The summed E-state index contributed by atoms with van der Waals surface area (Å²) >= 11 is 0. The minimum atomic E-state index is -4.72. The van der Waals surface area contributed by atoms with Gasteiger partial charge < -0.3 is 20.5 Å². The Hall–Kier alpha value is -4.41. The number of halogens is 3. The summed E-state index contributed by atoms with van der Waals surface area (Å²) in [5, 5.41) is 2.99. The number of aromatic nitrogens is 1. The third-order valence-corrected chi connectivity index (χ3v) is 4.36. The van der Waals surface area contributed by atoms with Crippen LogP contribution in [0.5, 0.6) is 5.75 Å². The van der Waals surface area contributed by atoms with Crippen molar-refractivity contribution in [2.75, 3.05) is 12.4 Å². The average Bonchev–Trinajstić information content (AvgIpc) is 2.85. The highest BCUT2D eigenvalue weighted by molar-refractivity contribution is 6.01. The van der Waals surface area contributed by atoms with Gasteiger partial charge in [0.2, 0.25) is 0 Å². The lowest BCUT2D eigenvalue weighted by Crippen LogP contribution is -2.16. The molecule has 11 heteroatoms. The molecule has 184 valence electrons. The second-order valence-electron chi connectivity index (χ2n) is 6.79. The maximum Gasteiger partial charge on any atom is 0.573 e. The van der Waals surface area contributed by atoms with Crippen molar-refractivity contribution in [1.29, 1.82) is 0 Å². The summed E-state index contributed by atoms with van der Waals surface area (Å²) < 4.78 is 44.6. The van der Waals surface area contributed by atoms with Crippen molar-refractivity contribution < 1.29 is 27.4 Å². The van der Waals surface area contributed by atoms with Gasteiger partial charge in [0, 0.05) is 36.3 Å². The van der Waals surface area contributed by atoms with E-state index in [1.807, 2.05) is 37.4 Å². The normalized spacial score (nSPS) is 12.3. The third-order valence-electron chi connectivity index (χ3n) is 4.36. The smallest absolute Gasteiger partial charge is 0.460 e. The molecule has 8 nitrogen and oxygen atoms in total. The molecule has 0 radical (unpaired) electrons. The summed E-state index contributed by atoms with van der Waals surface area (Å²) in [6.45, 7) is 2.24. The molecule has 0 bridgehead atoms. The summed E-state index contributed by atoms with van der Waals surface area (Å²) in [5.41, 5.74) is 8.84. The van der Waals surface area contributed by atoms with Crippen LogP contribution in [0.1, 0.15) is 24.2 Å². The number of carbonyl (C=O) groups is 1. The van der Waals surface area contributed by atoms with Crippen LogP contribution in [0.15, 0.2) is 83.0 Å². The van der Waals surface area contributed by atoms with Crippen LogP contribution in [0.2, 0.25) is 0 Å². The number of carbonyl (C=O) groups excluding carboxylic acids is 1. The number of aliphatic imine (C=N–C) groups is 2. The lowest BCUT2D eigenvalue weighted by Gasteiger charge is -2.08. The topological polar surface area (TPSA) is 111 Å². The standard InChI is InChI=1S/C16H15F3N4O.C8H9NO2/c1-21-12-4-2-11(3-5-12)15(20)23-10-22-13-6-8-14(9-7-13)24-16(17,18)19;1-7(11-6-10)8-3-2-4-9-5-8/h2-10,21H,1H3,(H2,20,22,23);2-7H,1H3. The number of ether oxygens (including phenoxy) is 2. The zero-order valence-corrected chi connectivity index (χ0v) is 18.9. The molecule has 0 aliphatic carbocycles. The van der Waals surface area contributed by atoms with E-state index < -0.39 is 6.36 Å². The summed E-state index contributed by atoms with van der Waals surface area (Å²) in [4.78, 5) is 21.8. The molecule has 0 fully saturated rings. The van der Waals surface area contributed by atoms with Crippen LogP contribution in [0.4, 0.5) is 24.5 Å². The number of rotatable bonds is 8. The van der Waals surface area contributed by atoms with E-state index in [0.29, 0.717) is 12.2 Å². The van der Waals surface area contributed by atoms with Crippen LogP contribution in [-0.2, 0) is 9.53 Å². The van der Waals surface area contributed by atoms with Gasteiger partial charge in [-0.2, -0.15) is 0 Å². The van der Waals surface area contributed by atoms with E-state index in [2.05, 4.69) is 25.0 Å². The lowest BCUT2D eigenvalue weighted by atomic mass is 10.2. The molecule has 35 heavy (non-hydrogen) atoms. The van der Waals surface area contributed by atoms with Gasteiger partial charge in [0.25, 0.3) is 6.47 Å². The number of alkyl halides is 3. The summed E-state index contributed by atoms with van der Waals surface area (Å²) in [7, 11) is 1.81. The van der Waals surface area contributed by atoms with Gasteiger partial charge in [-0.3, -0.25) is 9.78 Å². The number of hydrogen-bond acceptors (Lipinski definition) is 6. The molecule has 0 aliphatic heterocycles. The highest BCUT2D eigenvalue weighted by Gasteiger charge is 2.30. The molecular formula is C24H24F3N5O3. The van der Waals surface area contributed by atoms with Gasteiger partial charge in [0.1, 0.15) is 24.0 Å². The Morgan fingerprint density at radius 1 is 1.11 bits per heavy atom. The first kappa shape index (κ1) is 26.8. The molecule has 3 aromatic rings. The maximum absolute atomic E-state index is 12.1. The number of nitrogens with zero attached hydrogens (tertiary/aromatic N) is 3. The van der Waals surface area contributed by atoms with Crippen molar-refractivity contribution in [1.82, 2.24) is 4.98 Å². The van der Waals surface area contributed by atoms with E-state index in [-0.39, 0.29) is 17.7 Å². The van der Waals surface area contributed by atoms with Gasteiger partial charge in [0.15, 0.2) is 0 Å². The summed E-state index contributed by atoms with van der Waals surface area (Å²) in [6, 6.07) is 16.1. The molecule has 0 aliphatic rings. The van der Waals surface area contributed by atoms with E-state index in [9.17, 15) is 18.0 Å². The molecule has 1 heterocycles. The minimum absolute atomic E-state index is 0.207. The molecule has 0 spiro atoms. The summed E-state index contributed by atoms with van der Waals surface area (Å²) in [6.07, 6.45) is -0.334. The van der Waals surface area contributed by atoms with Crippen LogP contribution in [0.25, 0.3) is 0 Å². The van der Waals surface area contributed by atoms with Gasteiger partial charge in [-0.05, 0) is 61.5 Å². The Kier molecular flexibility index (Phi) is 10.2. The number of anilines is 1. The Bertz CT molecular complexity index is 1100. The van der Waals surface area contributed by atoms with E-state index in [0.717, 1.165) is 16.8 Å². The maximum atomic E-state index is 12.1. The minimum Gasteiger partial charge on any atom is -0.460 e. The second-order valence-corrected chi connectivity index (χ2v) is 6.79. The molecule has 3 N–H and O–H groups in total. The Morgan fingerprint density at radius 2 is 1.80 bits per heavy atom. The summed E-state index contributed by atoms with van der Waals surface area (Å²) in [5.74, 6) is -0.0347. The fourth-order valence-corrected chi connectivity index (χ4v) is 2.55. The van der Waals surface area contributed by atoms with E-state index in [4.69, 9.17) is 10.5 Å². The zero-order chi connectivity index (χ0) is 25.7. The molecular weight excluding hydrogens is 463 g/mol. The molecule has 1 unspecified atom stereocenters. The van der Waals surface area contributed by atoms with Gasteiger partial charge >= 0.3 is 6.36 Å². The number of hydrogen-bond donors (Lipinski definition) is 2. The van der Waals surface area contributed by atoms with Crippen molar-refractivity contribution in [3.63, 3.8) is 0 Å². The van der Waals surface area contributed by atoms with E-state index >= 15 is 0 Å². The number of nitrogens with one attached hydrogen (secondary N) is 1. The Morgan fingerprint density at radius 3 is 2.34 bits per heavy atom. The quantitative estimate of drug-likeness (QED) is 0.263. The predicted molar refractivity (Wildman–Crippen MR) is 128 cm³/mol. The van der Waals surface area contributed by atoms with Crippen LogP contribution in [-0.4, -0.2) is 37.0 Å². The number of nitrogens with two attached hydrogens (primary N) is 1. The SMILES string of the molecule is CC(OC=O)c1cccnc1.CNc1ccc(C(N)=NC=Nc2ccc(OC(F)(F)F)cc2)cc1. The first-order valence-corrected chi connectivity index (χ1v) is 10.2. The van der Waals surface area contributed by atoms with Crippen molar-refractivity contribution in [3.8, 4) is 5.75 Å². The molecule has 0 saturated heterocycles. The highest BCUT2D eigenvalue weighted by Crippen LogP contribution is 2.24. The first-order valence-electron chi connectivity index (χ1n) is 10.2. The number of benzene rings is 2. The Labute approximate surface area is 200 Å². The molecule has 3 rings (SSSR count). The fourth-order valence-electron chi connectivity index (χ4n) is 2.55. The van der Waals surface area contributed by atoms with Gasteiger partial charge in [0.05, 0.1) is 5.69 Å². The lowest BCUT2D eigenvalue weighted by molar-refractivity contribution is -0.274. The van der Waals surface area contributed by atoms with Crippen LogP contribution >= 0.6 is 0 Å². The molecule has 0 saturated carbocycles. The number of amidine groups is 1. The van der Waals surface area contributed by atoms with Gasteiger partial charge in [-0.25, -0.2) is 9.98 Å². The zero-order valence-electron chi connectivity index (χ0n) is 18.9. The highest BCUT2D eigenvalue weighted by atomic mass is 19.4. The fraction of sp³-hybridized carbons (Fsp3) is 0.167. The monoisotopic (exact) mass is 487 g/mol. The molecule has 0 amide bonds. The van der Waals surface area contributed by atoms with Crippen molar-refractivity contribution in [2.24, 2.45) is 15.7 Å². The van der Waals surface area contributed by atoms with Crippen LogP contribution in [0.3, 0.4) is 0 Å². The van der Waals surface area contributed by atoms with Gasteiger partial charge in [-0.15, -0.1) is 13.2 Å². The number of pyridine rings is 1. The van der Waals surface area contributed by atoms with Crippen molar-refractivity contribution in [3.05, 3.63) is 84.2 Å². The van der Waals surface area contributed by atoms with Crippen molar-refractivity contribution in [2.45, 2.75) is 19.4 Å². The average molecular weight is 487 g/mol. The third kappa shape index (κ3) is 9.95. The van der Waals surface area contributed by atoms with Crippen LogP contribution < -0.4 is 15.8 Å². The molecule has 2 aromatic carbocycles. The van der Waals surface area contributed by atoms with Crippen molar-refractivity contribution >= 4 is 30.0 Å². The predicted octanol–water partition coefficient (Wildman–Crippen LogP) is 5.01. The van der Waals surface area contributed by atoms with Crippen LogP contribution in [0, 0.1) is 0 Å². The first-order chi connectivity index (χ1) is 16.7. The van der Waals surface area contributed by atoms with E-state index in [1.54, 1.807) is 25.4 Å².